The average molecular weight is 295 g/mol. The summed E-state index contributed by atoms with van der Waals surface area (Å²) in [5, 5.41) is 13.9. The molecule has 0 aromatic carbocycles. The van der Waals surface area contributed by atoms with E-state index in [1.807, 2.05) is 20.8 Å². The van der Waals surface area contributed by atoms with Gasteiger partial charge in [-0.3, -0.25) is 14.5 Å². The average Bonchev–Trinajstić information content (AvgIpc) is 2.84. The third-order valence-corrected chi connectivity index (χ3v) is 3.18. The Morgan fingerprint density at radius 1 is 1.33 bits per heavy atom. The van der Waals surface area contributed by atoms with Gasteiger partial charge < -0.3 is 15.1 Å². The Hall–Kier alpha value is -1.96. The molecule has 2 rings (SSSR count). The third-order valence-electron chi connectivity index (χ3n) is 3.18. The van der Waals surface area contributed by atoms with Crippen LogP contribution in [0, 0.1) is 0 Å². The summed E-state index contributed by atoms with van der Waals surface area (Å²) in [6, 6.07) is -0.307. The van der Waals surface area contributed by atoms with Crippen molar-refractivity contribution in [3.63, 3.8) is 0 Å². The quantitative estimate of drug-likeness (QED) is 0.781. The molecule has 2 heterocycles. The number of nitrogens with zero attached hydrogens (tertiary/aromatic N) is 3. The van der Waals surface area contributed by atoms with Crippen molar-refractivity contribution in [1.82, 2.24) is 20.4 Å². The van der Waals surface area contributed by atoms with Gasteiger partial charge in [-0.1, -0.05) is 5.10 Å². The molecule has 8 heteroatoms. The third kappa shape index (κ3) is 4.01. The number of carbonyl (C=O) groups excluding carboxylic acids is 2. The molecule has 0 saturated carbocycles. The molecule has 0 aliphatic carbocycles. The van der Waals surface area contributed by atoms with Crippen LogP contribution in [-0.4, -0.2) is 45.5 Å². The molecular formula is C13H21N5O3. The number of carbonyl (C=O) groups is 2. The number of imide groups is 1. The van der Waals surface area contributed by atoms with E-state index in [4.69, 9.17) is 4.42 Å². The van der Waals surface area contributed by atoms with Gasteiger partial charge in [0.2, 0.25) is 11.8 Å². The van der Waals surface area contributed by atoms with E-state index in [0.717, 1.165) is 4.90 Å². The zero-order valence-electron chi connectivity index (χ0n) is 12.8. The van der Waals surface area contributed by atoms with Crippen molar-refractivity contribution in [2.75, 3.05) is 12.4 Å². The fraction of sp³-hybridized carbons (Fsp3) is 0.692. The van der Waals surface area contributed by atoms with E-state index in [2.05, 4.69) is 20.8 Å². The fourth-order valence-electron chi connectivity index (χ4n) is 1.92. The lowest BCUT2D eigenvalue weighted by Crippen LogP contribution is -2.48. The second-order valence-corrected chi connectivity index (χ2v) is 6.13. The van der Waals surface area contributed by atoms with E-state index < -0.39 is 6.04 Å². The van der Waals surface area contributed by atoms with Crippen molar-refractivity contribution in [3.05, 3.63) is 5.89 Å². The van der Waals surface area contributed by atoms with Crippen LogP contribution in [0.15, 0.2) is 4.42 Å². The summed E-state index contributed by atoms with van der Waals surface area (Å²) >= 11 is 0. The number of nitrogens with one attached hydrogen (secondary N) is 2. The zero-order valence-corrected chi connectivity index (χ0v) is 12.8. The Morgan fingerprint density at radius 2 is 2.05 bits per heavy atom. The number of anilines is 1. The number of amides is 2. The van der Waals surface area contributed by atoms with Crippen molar-refractivity contribution < 1.29 is 14.0 Å². The largest absolute Gasteiger partial charge is 0.407 e. The maximum absolute atomic E-state index is 11.9. The number of likely N-dealkylation sites (N-methyl/N-ethyl adjacent to an activating group) is 1. The molecule has 1 aromatic heterocycles. The van der Waals surface area contributed by atoms with E-state index in [0.29, 0.717) is 25.3 Å². The SMILES string of the molecule is CN1C(=O)CCC(Nc2nnc(CNC(C)(C)C)o2)C1=O. The van der Waals surface area contributed by atoms with Crippen LogP contribution in [0.5, 0.6) is 0 Å². The molecule has 0 bridgehead atoms. The Balaban J connectivity index is 1.93. The molecule has 1 aliphatic heterocycles. The molecule has 2 N–H and O–H groups in total. The van der Waals surface area contributed by atoms with Gasteiger partial charge in [0.1, 0.15) is 6.04 Å². The van der Waals surface area contributed by atoms with Crippen LogP contribution < -0.4 is 10.6 Å². The summed E-state index contributed by atoms with van der Waals surface area (Å²) in [6.07, 6.45) is 0.756. The molecule has 1 fully saturated rings. The van der Waals surface area contributed by atoms with Crippen LogP contribution in [0.3, 0.4) is 0 Å². The Kier molecular flexibility index (Phi) is 4.26. The lowest BCUT2D eigenvalue weighted by atomic mass is 10.1. The first-order valence-corrected chi connectivity index (χ1v) is 6.90. The Morgan fingerprint density at radius 3 is 2.71 bits per heavy atom. The molecule has 2 amide bonds. The van der Waals surface area contributed by atoms with Crippen molar-refractivity contribution in [2.45, 2.75) is 51.7 Å². The molecule has 8 nitrogen and oxygen atoms in total. The van der Waals surface area contributed by atoms with Crippen LogP contribution >= 0.6 is 0 Å². The summed E-state index contributed by atoms with van der Waals surface area (Å²) in [5.74, 6) is -0.00224. The number of aromatic nitrogens is 2. The highest BCUT2D eigenvalue weighted by Crippen LogP contribution is 2.16. The van der Waals surface area contributed by atoms with Gasteiger partial charge in [-0.2, -0.15) is 0 Å². The summed E-state index contributed by atoms with van der Waals surface area (Å²) in [5.41, 5.74) is -0.0511. The molecule has 1 atom stereocenters. The summed E-state index contributed by atoms with van der Waals surface area (Å²) in [6.45, 7) is 6.57. The van der Waals surface area contributed by atoms with E-state index >= 15 is 0 Å². The van der Waals surface area contributed by atoms with E-state index in [-0.39, 0.29) is 23.4 Å². The molecule has 0 spiro atoms. The first-order valence-electron chi connectivity index (χ1n) is 6.90. The second-order valence-electron chi connectivity index (χ2n) is 6.13. The van der Waals surface area contributed by atoms with Crippen LogP contribution in [0.2, 0.25) is 0 Å². The van der Waals surface area contributed by atoms with Gasteiger partial charge in [0, 0.05) is 19.0 Å². The lowest BCUT2D eigenvalue weighted by Gasteiger charge is -2.27. The Labute approximate surface area is 123 Å². The molecule has 1 unspecified atom stereocenters. The lowest BCUT2D eigenvalue weighted by molar-refractivity contribution is -0.146. The predicted octanol–water partition coefficient (Wildman–Crippen LogP) is 0.517. The van der Waals surface area contributed by atoms with Crippen molar-refractivity contribution in [2.24, 2.45) is 0 Å². The minimum atomic E-state index is -0.503. The number of hydrogen-bond acceptors (Lipinski definition) is 7. The van der Waals surface area contributed by atoms with Gasteiger partial charge in [0.25, 0.3) is 5.91 Å². The van der Waals surface area contributed by atoms with Crippen LogP contribution in [0.4, 0.5) is 6.01 Å². The van der Waals surface area contributed by atoms with E-state index in [1.54, 1.807) is 0 Å². The molecule has 116 valence electrons. The van der Waals surface area contributed by atoms with Crippen molar-refractivity contribution in [3.8, 4) is 0 Å². The highest BCUT2D eigenvalue weighted by molar-refractivity contribution is 6.01. The predicted molar refractivity (Wildman–Crippen MR) is 75.3 cm³/mol. The fourth-order valence-corrected chi connectivity index (χ4v) is 1.92. The van der Waals surface area contributed by atoms with Crippen molar-refractivity contribution in [1.29, 1.82) is 0 Å². The number of rotatable bonds is 4. The molecule has 21 heavy (non-hydrogen) atoms. The first kappa shape index (κ1) is 15.4. The number of piperidine rings is 1. The molecule has 0 radical (unpaired) electrons. The van der Waals surface area contributed by atoms with E-state index in [1.165, 1.54) is 7.05 Å². The van der Waals surface area contributed by atoms with Gasteiger partial charge >= 0.3 is 6.01 Å². The van der Waals surface area contributed by atoms with Gasteiger partial charge in [-0.25, -0.2) is 0 Å². The number of hydrogen-bond donors (Lipinski definition) is 2. The normalized spacial score (nSPS) is 20.0. The van der Waals surface area contributed by atoms with Crippen LogP contribution in [0.1, 0.15) is 39.5 Å². The molecule has 1 aromatic rings. The standard InChI is InChI=1S/C13H21N5O3/c1-13(2,3)14-7-9-16-17-12(21-9)15-8-5-6-10(19)18(4)11(8)20/h8,14H,5-7H2,1-4H3,(H,15,17). The summed E-state index contributed by atoms with van der Waals surface area (Å²) in [7, 11) is 1.48. The maximum Gasteiger partial charge on any atom is 0.316 e. The van der Waals surface area contributed by atoms with Gasteiger partial charge in [-0.15, -0.1) is 5.10 Å². The maximum atomic E-state index is 11.9. The van der Waals surface area contributed by atoms with Gasteiger partial charge in [0.15, 0.2) is 0 Å². The summed E-state index contributed by atoms with van der Waals surface area (Å²) in [4.78, 5) is 24.5. The molecule has 1 saturated heterocycles. The number of likely N-dealkylation sites (tertiary alicyclic amines) is 1. The topological polar surface area (TPSA) is 100 Å². The smallest absolute Gasteiger partial charge is 0.316 e. The second kappa shape index (κ2) is 5.80. The first-order chi connectivity index (χ1) is 9.76. The zero-order chi connectivity index (χ0) is 15.6. The van der Waals surface area contributed by atoms with Gasteiger partial charge in [0.05, 0.1) is 6.54 Å². The highest BCUT2D eigenvalue weighted by Gasteiger charge is 2.32. The van der Waals surface area contributed by atoms with Crippen LogP contribution in [0.25, 0.3) is 0 Å². The van der Waals surface area contributed by atoms with Crippen LogP contribution in [-0.2, 0) is 16.1 Å². The van der Waals surface area contributed by atoms with Gasteiger partial charge in [-0.05, 0) is 27.2 Å². The molecule has 1 aliphatic rings. The minimum Gasteiger partial charge on any atom is -0.407 e. The monoisotopic (exact) mass is 295 g/mol. The van der Waals surface area contributed by atoms with E-state index in [9.17, 15) is 9.59 Å². The van der Waals surface area contributed by atoms with Crippen molar-refractivity contribution >= 4 is 17.8 Å². The highest BCUT2D eigenvalue weighted by atomic mass is 16.4. The molecular weight excluding hydrogens is 274 g/mol. The minimum absolute atomic E-state index is 0.0511. The summed E-state index contributed by atoms with van der Waals surface area (Å²) < 4.78 is 5.44. The Bertz CT molecular complexity index is 534.